The summed E-state index contributed by atoms with van der Waals surface area (Å²) < 4.78 is 1.94. The number of benzene rings is 1. The molecule has 0 amide bonds. The van der Waals surface area contributed by atoms with E-state index in [0.29, 0.717) is 5.02 Å². The molecule has 0 spiro atoms. The number of fused-ring (bicyclic) bond motifs is 1. The molecule has 1 unspecified atom stereocenters. The van der Waals surface area contributed by atoms with Crippen LogP contribution in [-0.2, 0) is 7.05 Å². The fourth-order valence-electron chi connectivity index (χ4n) is 2.26. The first kappa shape index (κ1) is 13.1. The number of hydrogen-bond acceptors (Lipinski definition) is 2. The average Bonchev–Trinajstić information content (AvgIpc) is 2.68. The van der Waals surface area contributed by atoms with Crippen LogP contribution in [0, 0.1) is 0 Å². The van der Waals surface area contributed by atoms with Gasteiger partial charge in [0.2, 0.25) is 0 Å². The Morgan fingerprint density at radius 3 is 2.83 bits per heavy atom. The lowest BCUT2D eigenvalue weighted by Gasteiger charge is -2.11. The second kappa shape index (κ2) is 5.12. The van der Waals surface area contributed by atoms with Gasteiger partial charge >= 0.3 is 0 Å². The molecule has 18 heavy (non-hydrogen) atoms. The Balaban J connectivity index is 2.55. The maximum absolute atomic E-state index is 12.4. The molecule has 1 N–H and O–H groups in total. The van der Waals surface area contributed by atoms with Crippen molar-refractivity contribution in [3.05, 3.63) is 35.0 Å². The van der Waals surface area contributed by atoms with Crippen molar-refractivity contribution in [3.63, 3.8) is 0 Å². The standard InChI is InChI=1S/C14H17ClN2O/c1-4-12(16-2)14(18)11-8-17(3)13-7-9(15)5-6-10(11)13/h5-8,12,16H,4H2,1-3H3. The average molecular weight is 265 g/mol. The minimum atomic E-state index is -0.133. The van der Waals surface area contributed by atoms with Gasteiger partial charge in [0.25, 0.3) is 0 Å². The molecular formula is C14H17ClN2O. The van der Waals surface area contributed by atoms with Gasteiger partial charge < -0.3 is 9.88 Å². The SMILES string of the molecule is CCC(NC)C(=O)c1cn(C)c2cc(Cl)ccc12. The van der Waals surface area contributed by atoms with Gasteiger partial charge in [-0.25, -0.2) is 0 Å². The molecule has 0 bridgehead atoms. The summed E-state index contributed by atoms with van der Waals surface area (Å²) in [6.45, 7) is 2.00. The second-order valence-electron chi connectivity index (χ2n) is 4.43. The van der Waals surface area contributed by atoms with Gasteiger partial charge in [0, 0.05) is 34.7 Å². The number of rotatable bonds is 4. The maximum atomic E-state index is 12.4. The van der Waals surface area contributed by atoms with Crippen LogP contribution >= 0.6 is 11.6 Å². The van der Waals surface area contributed by atoms with Gasteiger partial charge in [-0.1, -0.05) is 24.6 Å². The zero-order chi connectivity index (χ0) is 13.3. The van der Waals surface area contributed by atoms with E-state index in [4.69, 9.17) is 11.6 Å². The Labute approximate surface area is 112 Å². The molecule has 2 rings (SSSR count). The van der Waals surface area contributed by atoms with Gasteiger partial charge in [-0.05, 0) is 25.6 Å². The van der Waals surface area contributed by atoms with Crippen molar-refractivity contribution < 1.29 is 4.79 Å². The first-order valence-corrected chi connectivity index (χ1v) is 6.42. The van der Waals surface area contributed by atoms with Crippen LogP contribution in [0.5, 0.6) is 0 Å². The molecule has 3 nitrogen and oxygen atoms in total. The normalized spacial score (nSPS) is 12.9. The maximum Gasteiger partial charge on any atom is 0.181 e. The van der Waals surface area contributed by atoms with E-state index in [9.17, 15) is 4.79 Å². The predicted octanol–water partition coefficient (Wildman–Crippen LogP) is 3.01. The van der Waals surface area contributed by atoms with Gasteiger partial charge in [0.1, 0.15) is 0 Å². The summed E-state index contributed by atoms with van der Waals surface area (Å²) in [6.07, 6.45) is 2.66. The zero-order valence-electron chi connectivity index (χ0n) is 10.8. The summed E-state index contributed by atoms with van der Waals surface area (Å²) >= 11 is 5.99. The second-order valence-corrected chi connectivity index (χ2v) is 4.87. The molecule has 1 aromatic heterocycles. The zero-order valence-corrected chi connectivity index (χ0v) is 11.6. The number of nitrogens with zero attached hydrogens (tertiary/aromatic N) is 1. The van der Waals surface area contributed by atoms with Gasteiger partial charge in [0.05, 0.1) is 6.04 Å². The quantitative estimate of drug-likeness (QED) is 0.862. The molecule has 1 heterocycles. The summed E-state index contributed by atoms with van der Waals surface area (Å²) in [5, 5.41) is 4.69. The summed E-state index contributed by atoms with van der Waals surface area (Å²) in [5.41, 5.74) is 1.74. The van der Waals surface area contributed by atoms with E-state index < -0.39 is 0 Å². The van der Waals surface area contributed by atoms with Gasteiger partial charge in [0.15, 0.2) is 5.78 Å². The Morgan fingerprint density at radius 1 is 1.50 bits per heavy atom. The third-order valence-electron chi connectivity index (χ3n) is 3.29. The predicted molar refractivity (Wildman–Crippen MR) is 75.4 cm³/mol. The van der Waals surface area contributed by atoms with Crippen molar-refractivity contribution in [1.29, 1.82) is 0 Å². The molecule has 0 aliphatic carbocycles. The first-order valence-electron chi connectivity index (χ1n) is 6.04. The number of aromatic nitrogens is 1. The van der Waals surface area contributed by atoms with E-state index in [1.165, 1.54) is 0 Å². The lowest BCUT2D eigenvalue weighted by Crippen LogP contribution is -2.33. The van der Waals surface area contributed by atoms with E-state index in [-0.39, 0.29) is 11.8 Å². The summed E-state index contributed by atoms with van der Waals surface area (Å²) in [7, 11) is 3.74. The Kier molecular flexibility index (Phi) is 3.73. The van der Waals surface area contributed by atoms with Crippen LogP contribution in [0.3, 0.4) is 0 Å². The highest BCUT2D eigenvalue weighted by molar-refractivity contribution is 6.31. The van der Waals surface area contributed by atoms with Crippen molar-refractivity contribution in [3.8, 4) is 0 Å². The van der Waals surface area contributed by atoms with E-state index in [2.05, 4.69) is 5.32 Å². The molecule has 0 aliphatic rings. The number of nitrogens with one attached hydrogen (secondary N) is 1. The highest BCUT2D eigenvalue weighted by Crippen LogP contribution is 2.25. The molecular weight excluding hydrogens is 248 g/mol. The minimum absolute atomic E-state index is 0.132. The molecule has 4 heteroatoms. The number of carbonyl (C=O) groups is 1. The van der Waals surface area contributed by atoms with E-state index in [1.54, 1.807) is 0 Å². The van der Waals surface area contributed by atoms with Crippen LogP contribution in [-0.4, -0.2) is 23.4 Å². The van der Waals surface area contributed by atoms with Crippen molar-refractivity contribution >= 4 is 28.3 Å². The van der Waals surface area contributed by atoms with E-state index in [0.717, 1.165) is 22.9 Å². The van der Waals surface area contributed by atoms with Crippen molar-refractivity contribution in [2.45, 2.75) is 19.4 Å². The third kappa shape index (κ3) is 2.16. The van der Waals surface area contributed by atoms with Crippen LogP contribution in [0.25, 0.3) is 10.9 Å². The van der Waals surface area contributed by atoms with Crippen LogP contribution in [0.4, 0.5) is 0 Å². The third-order valence-corrected chi connectivity index (χ3v) is 3.53. The molecule has 0 saturated carbocycles. The van der Waals surface area contributed by atoms with E-state index >= 15 is 0 Å². The van der Waals surface area contributed by atoms with E-state index in [1.807, 2.05) is 50.0 Å². The van der Waals surface area contributed by atoms with Crippen molar-refractivity contribution in [2.75, 3.05) is 7.05 Å². The Hall–Kier alpha value is -1.32. The number of ketones is 1. The molecule has 0 fully saturated rings. The summed E-state index contributed by atoms with van der Waals surface area (Å²) in [4.78, 5) is 12.4. The molecule has 0 radical (unpaired) electrons. The van der Waals surface area contributed by atoms with Gasteiger partial charge in [-0.2, -0.15) is 0 Å². The summed E-state index contributed by atoms with van der Waals surface area (Å²) in [6, 6.07) is 5.48. The first-order chi connectivity index (χ1) is 8.58. The number of halogens is 1. The highest BCUT2D eigenvalue weighted by atomic mass is 35.5. The Bertz CT molecular complexity index is 585. The number of hydrogen-bond donors (Lipinski definition) is 1. The van der Waals surface area contributed by atoms with Gasteiger partial charge in [-0.15, -0.1) is 0 Å². The van der Waals surface area contributed by atoms with Crippen LogP contribution < -0.4 is 5.32 Å². The molecule has 0 aliphatic heterocycles. The number of Topliss-reactive ketones (excluding diaryl/α,β-unsaturated/α-hetero) is 1. The number of likely N-dealkylation sites (N-methyl/N-ethyl adjacent to an activating group) is 1. The monoisotopic (exact) mass is 264 g/mol. The van der Waals surface area contributed by atoms with Crippen LogP contribution in [0.1, 0.15) is 23.7 Å². The molecule has 0 saturated heterocycles. The summed E-state index contributed by atoms with van der Waals surface area (Å²) in [5.74, 6) is 0.132. The molecule has 1 aromatic carbocycles. The largest absolute Gasteiger partial charge is 0.350 e. The smallest absolute Gasteiger partial charge is 0.181 e. The fourth-order valence-corrected chi connectivity index (χ4v) is 2.43. The molecule has 96 valence electrons. The minimum Gasteiger partial charge on any atom is -0.350 e. The number of aryl methyl sites for hydroxylation is 1. The lowest BCUT2D eigenvalue weighted by molar-refractivity contribution is 0.0946. The van der Waals surface area contributed by atoms with Crippen molar-refractivity contribution in [1.82, 2.24) is 9.88 Å². The van der Waals surface area contributed by atoms with Crippen LogP contribution in [0.2, 0.25) is 5.02 Å². The highest BCUT2D eigenvalue weighted by Gasteiger charge is 2.20. The molecule has 1 atom stereocenters. The van der Waals surface area contributed by atoms with Gasteiger partial charge in [-0.3, -0.25) is 4.79 Å². The fraction of sp³-hybridized carbons (Fsp3) is 0.357. The topological polar surface area (TPSA) is 34.0 Å². The van der Waals surface area contributed by atoms with Crippen molar-refractivity contribution in [2.24, 2.45) is 7.05 Å². The number of carbonyl (C=O) groups excluding carboxylic acids is 1. The lowest BCUT2D eigenvalue weighted by atomic mass is 10.0. The Morgan fingerprint density at radius 2 is 2.22 bits per heavy atom. The molecule has 2 aromatic rings. The van der Waals surface area contributed by atoms with Crippen LogP contribution in [0.15, 0.2) is 24.4 Å².